The first kappa shape index (κ1) is 13.3. The second-order valence-corrected chi connectivity index (χ2v) is 4.05. The molecule has 0 saturated heterocycles. The highest BCUT2D eigenvalue weighted by Gasteiger charge is 2.15. The first-order valence-electron chi connectivity index (χ1n) is 6.23. The second-order valence-electron chi connectivity index (χ2n) is 4.05. The number of aromatic nitrogens is 4. The van der Waals surface area contributed by atoms with Gasteiger partial charge >= 0.3 is 5.97 Å². The maximum atomic E-state index is 11.6. The minimum atomic E-state index is -0.257. The predicted octanol–water partition coefficient (Wildman–Crippen LogP) is 0.822. The van der Waals surface area contributed by atoms with Crippen LogP contribution in [0.25, 0.3) is 5.78 Å². The monoisotopic (exact) mass is 263 g/mol. The minimum Gasteiger partial charge on any atom is -0.465 e. The van der Waals surface area contributed by atoms with E-state index in [4.69, 9.17) is 4.74 Å². The Hall–Kier alpha value is -2.18. The zero-order valence-corrected chi connectivity index (χ0v) is 11.3. The van der Waals surface area contributed by atoms with Crippen LogP contribution < -0.4 is 4.90 Å². The van der Waals surface area contributed by atoms with E-state index >= 15 is 0 Å². The van der Waals surface area contributed by atoms with Gasteiger partial charge in [-0.1, -0.05) is 0 Å². The van der Waals surface area contributed by atoms with Crippen LogP contribution in [0.4, 0.5) is 5.82 Å². The zero-order chi connectivity index (χ0) is 13.8. The Morgan fingerprint density at radius 1 is 1.47 bits per heavy atom. The van der Waals surface area contributed by atoms with Gasteiger partial charge in [-0.3, -0.25) is 4.79 Å². The second kappa shape index (κ2) is 5.64. The Labute approximate surface area is 111 Å². The van der Waals surface area contributed by atoms with Crippen molar-refractivity contribution in [3.63, 3.8) is 0 Å². The first-order valence-corrected chi connectivity index (χ1v) is 6.23. The van der Waals surface area contributed by atoms with Crippen LogP contribution in [0.2, 0.25) is 0 Å². The van der Waals surface area contributed by atoms with Gasteiger partial charge in [0.25, 0.3) is 5.78 Å². The Morgan fingerprint density at radius 3 is 2.95 bits per heavy atom. The molecule has 0 aromatic carbocycles. The lowest BCUT2D eigenvalue weighted by Crippen LogP contribution is -2.32. The number of nitrogens with zero attached hydrogens (tertiary/aromatic N) is 5. The Bertz CT molecular complexity index is 581. The van der Waals surface area contributed by atoms with Crippen molar-refractivity contribution in [3.05, 3.63) is 18.1 Å². The maximum absolute atomic E-state index is 11.6. The third-order valence-corrected chi connectivity index (χ3v) is 2.69. The van der Waals surface area contributed by atoms with Crippen molar-refractivity contribution < 1.29 is 9.53 Å². The molecule has 0 bridgehead atoms. The molecule has 19 heavy (non-hydrogen) atoms. The topological polar surface area (TPSA) is 72.6 Å². The lowest BCUT2D eigenvalue weighted by molar-refractivity contribution is -0.141. The minimum absolute atomic E-state index is 0.183. The highest BCUT2D eigenvalue weighted by Crippen LogP contribution is 2.15. The molecule has 0 N–H and O–H groups in total. The molecular weight excluding hydrogens is 246 g/mol. The van der Waals surface area contributed by atoms with Crippen molar-refractivity contribution in [2.24, 2.45) is 0 Å². The molecule has 2 rings (SSSR count). The lowest BCUT2D eigenvalue weighted by atomic mass is 10.4. The number of anilines is 1. The van der Waals surface area contributed by atoms with E-state index in [1.807, 2.05) is 24.8 Å². The van der Waals surface area contributed by atoms with Crippen LogP contribution in [-0.2, 0) is 9.53 Å². The quantitative estimate of drug-likeness (QED) is 0.744. The first-order chi connectivity index (χ1) is 9.15. The standard InChI is InChI=1S/C12H17N5O2/c1-4-16(7-11(18)19-5-2)10-6-9(3)15-12-13-8-14-17(10)12/h6,8H,4-5,7H2,1-3H3. The molecule has 0 aliphatic carbocycles. The highest BCUT2D eigenvalue weighted by atomic mass is 16.5. The summed E-state index contributed by atoms with van der Waals surface area (Å²) in [6.45, 7) is 6.87. The largest absolute Gasteiger partial charge is 0.465 e. The van der Waals surface area contributed by atoms with Crippen molar-refractivity contribution in [1.29, 1.82) is 0 Å². The number of hydrogen-bond acceptors (Lipinski definition) is 6. The summed E-state index contributed by atoms with van der Waals surface area (Å²) in [7, 11) is 0. The van der Waals surface area contributed by atoms with Gasteiger partial charge in [0.1, 0.15) is 18.7 Å². The van der Waals surface area contributed by atoms with Crippen LogP contribution in [0.3, 0.4) is 0 Å². The molecule has 7 heteroatoms. The van der Waals surface area contributed by atoms with E-state index in [0.717, 1.165) is 11.5 Å². The molecule has 2 aromatic heterocycles. The number of rotatable bonds is 5. The van der Waals surface area contributed by atoms with Crippen molar-refractivity contribution in [2.75, 3.05) is 24.6 Å². The van der Waals surface area contributed by atoms with Gasteiger partial charge in [-0.05, 0) is 20.8 Å². The average Bonchev–Trinajstić information content (AvgIpc) is 2.83. The summed E-state index contributed by atoms with van der Waals surface area (Å²) in [6.07, 6.45) is 1.45. The van der Waals surface area contributed by atoms with Gasteiger partial charge in [-0.25, -0.2) is 4.98 Å². The van der Waals surface area contributed by atoms with Crippen LogP contribution in [0.1, 0.15) is 19.5 Å². The summed E-state index contributed by atoms with van der Waals surface area (Å²) in [5.41, 5.74) is 0.831. The summed E-state index contributed by atoms with van der Waals surface area (Å²) in [5.74, 6) is 1.06. The van der Waals surface area contributed by atoms with Gasteiger partial charge in [0.05, 0.1) is 6.61 Å². The van der Waals surface area contributed by atoms with Crippen LogP contribution in [0, 0.1) is 6.92 Å². The zero-order valence-electron chi connectivity index (χ0n) is 11.3. The Balaban J connectivity index is 2.34. The van der Waals surface area contributed by atoms with Gasteiger partial charge in [0.15, 0.2) is 0 Å². The summed E-state index contributed by atoms with van der Waals surface area (Å²) >= 11 is 0. The number of fused-ring (bicyclic) bond motifs is 1. The van der Waals surface area contributed by atoms with Crippen molar-refractivity contribution in [1.82, 2.24) is 19.6 Å². The van der Waals surface area contributed by atoms with Gasteiger partial charge in [-0.2, -0.15) is 14.6 Å². The third-order valence-electron chi connectivity index (χ3n) is 2.69. The summed E-state index contributed by atoms with van der Waals surface area (Å²) in [6, 6.07) is 1.88. The van der Waals surface area contributed by atoms with E-state index in [2.05, 4.69) is 15.1 Å². The van der Waals surface area contributed by atoms with Crippen LogP contribution in [0.5, 0.6) is 0 Å². The number of esters is 1. The molecule has 0 aliphatic heterocycles. The number of ether oxygens (including phenoxy) is 1. The average molecular weight is 263 g/mol. The molecule has 0 unspecified atom stereocenters. The van der Waals surface area contributed by atoms with Crippen LogP contribution in [-0.4, -0.2) is 45.2 Å². The van der Waals surface area contributed by atoms with Crippen molar-refractivity contribution in [3.8, 4) is 0 Å². The number of likely N-dealkylation sites (N-methyl/N-ethyl adjacent to an activating group) is 1. The number of hydrogen-bond donors (Lipinski definition) is 0. The maximum Gasteiger partial charge on any atom is 0.325 e. The Morgan fingerprint density at radius 2 is 2.26 bits per heavy atom. The van der Waals surface area contributed by atoms with Gasteiger partial charge < -0.3 is 9.64 Å². The molecule has 2 heterocycles. The fraction of sp³-hybridized carbons (Fsp3) is 0.500. The van der Waals surface area contributed by atoms with Crippen molar-refractivity contribution >= 4 is 17.6 Å². The van der Waals surface area contributed by atoms with E-state index in [1.165, 1.54) is 6.33 Å². The molecule has 2 aromatic rings. The Kier molecular flexibility index (Phi) is 3.94. The molecule has 102 valence electrons. The van der Waals surface area contributed by atoms with E-state index in [1.54, 1.807) is 11.4 Å². The molecule has 0 amide bonds. The smallest absolute Gasteiger partial charge is 0.325 e. The van der Waals surface area contributed by atoms with E-state index in [9.17, 15) is 4.79 Å². The lowest BCUT2D eigenvalue weighted by Gasteiger charge is -2.22. The molecule has 0 radical (unpaired) electrons. The van der Waals surface area contributed by atoms with E-state index in [-0.39, 0.29) is 12.5 Å². The molecule has 7 nitrogen and oxygen atoms in total. The molecular formula is C12H17N5O2. The highest BCUT2D eigenvalue weighted by molar-refractivity contribution is 5.75. The van der Waals surface area contributed by atoms with Crippen LogP contribution >= 0.6 is 0 Å². The molecule has 0 atom stereocenters. The van der Waals surface area contributed by atoms with Gasteiger partial charge in [0.2, 0.25) is 0 Å². The van der Waals surface area contributed by atoms with E-state index < -0.39 is 0 Å². The van der Waals surface area contributed by atoms with Crippen molar-refractivity contribution in [2.45, 2.75) is 20.8 Å². The number of carbonyl (C=O) groups is 1. The summed E-state index contributed by atoms with van der Waals surface area (Å²) < 4.78 is 6.60. The SMILES string of the molecule is CCOC(=O)CN(CC)c1cc(C)nc2ncnn12. The van der Waals surface area contributed by atoms with Crippen LogP contribution in [0.15, 0.2) is 12.4 Å². The van der Waals surface area contributed by atoms with Gasteiger partial charge in [0, 0.05) is 18.3 Å². The molecule has 0 fully saturated rings. The fourth-order valence-corrected chi connectivity index (χ4v) is 1.85. The third kappa shape index (κ3) is 2.81. The molecule has 0 saturated carbocycles. The normalized spacial score (nSPS) is 10.7. The van der Waals surface area contributed by atoms with E-state index in [0.29, 0.717) is 18.9 Å². The predicted molar refractivity (Wildman–Crippen MR) is 70.0 cm³/mol. The molecule has 0 aliphatic rings. The number of carbonyl (C=O) groups excluding carboxylic acids is 1. The summed E-state index contributed by atoms with van der Waals surface area (Å²) in [4.78, 5) is 21.8. The van der Waals surface area contributed by atoms with Gasteiger partial charge in [-0.15, -0.1) is 0 Å². The number of aryl methyl sites for hydroxylation is 1. The molecule has 0 spiro atoms. The fourth-order valence-electron chi connectivity index (χ4n) is 1.85. The summed E-state index contributed by atoms with van der Waals surface area (Å²) in [5, 5.41) is 4.13.